The van der Waals surface area contributed by atoms with E-state index in [1.165, 1.54) is 0 Å². The number of carboxylic acid groups (broad SMARTS) is 2. The van der Waals surface area contributed by atoms with E-state index >= 15 is 0 Å². The van der Waals surface area contributed by atoms with Crippen molar-refractivity contribution in [2.24, 2.45) is 0 Å². The minimum atomic E-state index is -1.94. The number of ether oxygens (including phenoxy) is 4. The van der Waals surface area contributed by atoms with Crippen molar-refractivity contribution in [1.82, 2.24) is 0 Å². The predicted octanol–water partition coefficient (Wildman–Crippen LogP) is -12.3. The monoisotopic (exact) mass is 1150 g/mol. The number of phenols is 4. The Kier molecular flexibility index (Phi) is 34.1. The fourth-order valence-electron chi connectivity index (χ4n) is 6.76. The van der Waals surface area contributed by atoms with Gasteiger partial charge >= 0.3 is 88.1 Å². The number of aromatic hydroxyl groups is 4. The predicted molar refractivity (Wildman–Crippen MR) is 241 cm³/mol. The summed E-state index contributed by atoms with van der Waals surface area (Å²) in [5.74, 6) is -7.52. The van der Waals surface area contributed by atoms with Crippen LogP contribution in [0.2, 0.25) is 0 Å². The first-order chi connectivity index (χ1) is 30.4. The Hall–Kier alpha value is -5.08. The molecule has 75 heavy (non-hydrogen) atoms. The van der Waals surface area contributed by atoms with Crippen LogP contribution < -0.4 is 79.4 Å². The molecular formula is C42H52CuNa2O30+4. The van der Waals surface area contributed by atoms with Crippen LogP contribution in [-0.2, 0) is 36.1 Å². The maximum Gasteiger partial charge on any atom is 2.00 e. The fourth-order valence-corrected chi connectivity index (χ4v) is 6.76. The molecule has 0 amide bonds. The van der Waals surface area contributed by atoms with Crippen molar-refractivity contribution < 1.29 is 219 Å². The minimum absolute atomic E-state index is 0. The zero-order valence-corrected chi connectivity index (χ0v) is 43.5. The van der Waals surface area contributed by atoms with Crippen molar-refractivity contribution in [3.05, 3.63) is 105 Å². The second-order valence-corrected chi connectivity index (χ2v) is 14.3. The van der Waals surface area contributed by atoms with Gasteiger partial charge in [0.2, 0.25) is 24.1 Å². The number of carboxylic acids is 2. The van der Waals surface area contributed by atoms with E-state index in [4.69, 9.17) is 38.0 Å². The molecule has 4 aromatic carbocycles. The molecule has 10 atom stereocenters. The number of carbonyl (C=O) groups is 2. The zero-order chi connectivity index (χ0) is 46.3. The number of hydrogen-bond donors (Lipinski definition) is 12. The zero-order valence-electron chi connectivity index (χ0n) is 38.6. The van der Waals surface area contributed by atoms with E-state index < -0.39 is 119 Å². The summed E-state index contributed by atoms with van der Waals surface area (Å²) >= 11 is 0. The molecule has 28 N–H and O–H groups in total. The molecule has 0 aliphatic carbocycles. The molecule has 33 heteroatoms. The van der Waals surface area contributed by atoms with E-state index in [1.54, 1.807) is 60.7 Å². The fraction of sp³-hybridized carbons (Fsp3) is 0.238. The summed E-state index contributed by atoms with van der Waals surface area (Å²) in [6.45, 7) is 0. The molecule has 2 saturated heterocycles. The number of hydrogen-bond acceptors (Lipinski definition) is 20. The van der Waals surface area contributed by atoms with Crippen molar-refractivity contribution in [3.63, 3.8) is 0 Å². The number of aliphatic carboxylic acids is 2. The van der Waals surface area contributed by atoms with Gasteiger partial charge in [0, 0.05) is 35.4 Å². The largest absolute Gasteiger partial charge is 2.00 e. The third-order valence-electron chi connectivity index (χ3n) is 10.1. The minimum Gasteiger partial charge on any atom is -0.504 e. The summed E-state index contributed by atoms with van der Waals surface area (Å²) < 4.78 is 32.0. The van der Waals surface area contributed by atoms with Crippen LogP contribution in [0.1, 0.15) is 0 Å². The van der Waals surface area contributed by atoms with E-state index in [0.717, 1.165) is 24.3 Å². The molecule has 6 aromatic rings. The van der Waals surface area contributed by atoms with E-state index in [1.807, 2.05) is 0 Å². The average molecular weight is 1150 g/mol. The first kappa shape index (κ1) is 78.8. The van der Waals surface area contributed by atoms with Gasteiger partial charge in [0.1, 0.15) is 70.1 Å². The third-order valence-corrected chi connectivity index (χ3v) is 10.1. The molecule has 4 heterocycles. The van der Waals surface area contributed by atoms with E-state index in [9.17, 15) is 70.2 Å². The van der Waals surface area contributed by atoms with Crippen molar-refractivity contribution in [2.75, 3.05) is 0 Å². The summed E-state index contributed by atoms with van der Waals surface area (Å²) in [7, 11) is 0. The van der Waals surface area contributed by atoms with Crippen LogP contribution in [-0.4, -0.2) is 178 Å². The molecule has 409 valence electrons. The number of phenolic OH excluding ortho intramolecular Hbond substituents is 4. The van der Waals surface area contributed by atoms with Gasteiger partial charge in [0.05, 0.1) is 0 Å². The second kappa shape index (κ2) is 32.5. The molecule has 0 unspecified atom stereocenters. The van der Waals surface area contributed by atoms with Crippen molar-refractivity contribution in [2.45, 2.75) is 61.4 Å². The van der Waals surface area contributed by atoms with Crippen molar-refractivity contribution in [1.29, 1.82) is 0 Å². The maximum atomic E-state index is 12.5. The second-order valence-electron chi connectivity index (χ2n) is 14.3. The van der Waals surface area contributed by atoms with Gasteiger partial charge in [-0.2, -0.15) is 0 Å². The summed E-state index contributed by atoms with van der Waals surface area (Å²) in [6, 6.07) is 21.5. The number of aliphatic hydroxyl groups is 6. The number of benzene rings is 4. The molecule has 1 radical (unpaired) electrons. The van der Waals surface area contributed by atoms with Crippen LogP contribution in [0.4, 0.5) is 0 Å². The summed E-state index contributed by atoms with van der Waals surface area (Å²) in [4.78, 5) is 47.6. The van der Waals surface area contributed by atoms with E-state index in [0.29, 0.717) is 11.1 Å². The number of rotatable bonds is 8. The van der Waals surface area contributed by atoms with Gasteiger partial charge in [0.15, 0.2) is 46.1 Å². The smallest absolute Gasteiger partial charge is 0.504 e. The maximum absolute atomic E-state index is 12.5. The standard InChI is InChI=1S/2C21H18O11.Cu.2Na.8H2O/c2*22-9-6-10(8-4-2-1-3-5-8)30-11-7-12(14(23)15(24)13(9)11)31-21-18(27)16(25)17(26)19(32-21)20(28)29;;;;;;;;;;;/h2*1-7,16-19,21,23-27H,(H,28,29);;;;8*1H2/q;;+2;2*+1;;;;;;;;/t2*16-,17-,18+,19-,21+;;;;;;;;;;;/m00.........../s1. The molecule has 2 fully saturated rings. The topological polar surface area (TPSA) is 626 Å². The molecular weight excluding hydrogens is 1090 g/mol. The SMILES string of the molecule is O.O.O.O.O.O.O.O.O=C(O)[C@H]1O[C@@H](Oc2cc3oc(-c4ccccc4)cc(=O)c3c(O)c2O)[C@H](O)[C@@H](O)[C@@H]1O.O=C(O)[C@H]1O[C@@H](Oc2cc3oc(-c4ccccc4)cc(=O)c3c(O)c2O)[C@H](O)[C@@H](O)[C@@H]1O.[Cu+2].[Na+].[Na+]. The van der Waals surface area contributed by atoms with Crippen LogP contribution >= 0.6 is 0 Å². The van der Waals surface area contributed by atoms with Crippen molar-refractivity contribution >= 4 is 33.9 Å². The Morgan fingerprint density at radius 2 is 0.733 bits per heavy atom. The molecule has 30 nitrogen and oxygen atoms in total. The van der Waals surface area contributed by atoms with Crippen LogP contribution in [0.5, 0.6) is 34.5 Å². The Labute approximate surface area is 473 Å². The summed E-state index contributed by atoms with van der Waals surface area (Å²) in [5, 5.41) is 118. The Morgan fingerprint density at radius 1 is 0.440 bits per heavy atom. The van der Waals surface area contributed by atoms with Crippen LogP contribution in [0.3, 0.4) is 0 Å². The van der Waals surface area contributed by atoms with Gasteiger partial charge in [-0.15, -0.1) is 0 Å². The number of fused-ring (bicyclic) bond motifs is 2. The molecule has 2 aliphatic heterocycles. The number of aliphatic hydroxyl groups excluding tert-OH is 6. The molecule has 0 bridgehead atoms. The summed E-state index contributed by atoms with van der Waals surface area (Å²) in [5.41, 5.74) is -0.529. The van der Waals surface area contributed by atoms with Gasteiger partial charge in [-0.1, -0.05) is 60.7 Å². The van der Waals surface area contributed by atoms with Gasteiger partial charge in [0.25, 0.3) is 0 Å². The quantitative estimate of drug-likeness (QED) is 0.0497. The van der Waals surface area contributed by atoms with Crippen LogP contribution in [0.15, 0.2) is 103 Å². The molecule has 0 saturated carbocycles. The first-order valence-electron chi connectivity index (χ1n) is 18.7. The van der Waals surface area contributed by atoms with Crippen molar-refractivity contribution in [3.8, 4) is 57.1 Å². The first-order valence-corrected chi connectivity index (χ1v) is 18.7. The average Bonchev–Trinajstić information content (AvgIpc) is 3.27. The Bertz CT molecular complexity index is 2660. The van der Waals surface area contributed by atoms with Gasteiger partial charge in [-0.3, -0.25) is 9.59 Å². The molecule has 2 aliphatic rings. The van der Waals surface area contributed by atoms with Gasteiger partial charge in [-0.05, 0) is 0 Å². The molecule has 0 spiro atoms. The summed E-state index contributed by atoms with van der Waals surface area (Å²) in [6.07, 6.45) is -19.1. The Morgan fingerprint density at radius 3 is 1.01 bits per heavy atom. The van der Waals surface area contributed by atoms with Gasteiger partial charge in [-0.25, -0.2) is 9.59 Å². The van der Waals surface area contributed by atoms with Gasteiger partial charge < -0.3 is 133 Å². The molecule has 8 rings (SSSR count). The van der Waals surface area contributed by atoms with E-state index in [-0.39, 0.29) is 153 Å². The normalized spacial score (nSPS) is 21.8. The van der Waals surface area contributed by atoms with Crippen LogP contribution in [0.25, 0.3) is 44.6 Å². The Balaban J connectivity index is -0.000000380. The van der Waals surface area contributed by atoms with Crippen LogP contribution in [0, 0.1) is 0 Å². The third kappa shape index (κ3) is 16.0. The molecule has 2 aromatic heterocycles. The van der Waals surface area contributed by atoms with E-state index in [2.05, 4.69) is 0 Å².